The molecule has 4 aromatic rings. The zero-order chi connectivity index (χ0) is 29.6. The van der Waals surface area contributed by atoms with E-state index in [2.05, 4.69) is 10.6 Å². The van der Waals surface area contributed by atoms with Crippen LogP contribution in [0.25, 0.3) is 0 Å². The van der Waals surface area contributed by atoms with E-state index in [0.717, 1.165) is 12.2 Å². The predicted octanol–water partition coefficient (Wildman–Crippen LogP) is 5.70. The van der Waals surface area contributed by atoms with Crippen LogP contribution < -0.4 is 31.1 Å². The van der Waals surface area contributed by atoms with Gasteiger partial charge in [-0.25, -0.2) is 0 Å². The third-order valence-corrected chi connectivity index (χ3v) is 7.78. The smallest absolute Gasteiger partial charge is 0.261 e. The molecular weight excluding hydrogens is 546 g/mol. The highest BCUT2D eigenvalue weighted by atomic mass is 35.5. The Bertz CT molecular complexity index is 1710. The Hall–Kier alpha value is -4.08. The molecule has 1 aliphatic heterocycles. The number of ether oxygens (including phenoxy) is 1. The van der Waals surface area contributed by atoms with Crippen molar-refractivity contribution in [1.82, 2.24) is 0 Å². The van der Waals surface area contributed by atoms with Crippen molar-refractivity contribution in [3.05, 3.63) is 96.1 Å². The van der Waals surface area contributed by atoms with Crippen molar-refractivity contribution in [3.63, 3.8) is 0 Å². The van der Waals surface area contributed by atoms with Crippen molar-refractivity contribution in [2.24, 2.45) is 5.41 Å². The molecule has 0 saturated heterocycles. The molecule has 1 amide bonds. The summed E-state index contributed by atoms with van der Waals surface area (Å²) in [4.78, 5) is 40.8. The van der Waals surface area contributed by atoms with E-state index < -0.39 is 16.9 Å². The Morgan fingerprint density at radius 3 is 2.44 bits per heavy atom. The molecule has 0 aliphatic carbocycles. The first-order valence-corrected chi connectivity index (χ1v) is 13.7. The molecule has 3 N–H and O–H groups in total. The molecule has 0 unspecified atom stereocenters. The first-order chi connectivity index (χ1) is 19.5. The summed E-state index contributed by atoms with van der Waals surface area (Å²) < 4.78 is 11.3. The van der Waals surface area contributed by atoms with E-state index in [1.807, 2.05) is 39.8 Å². The number of nitrogens with zero attached hydrogens (tertiary/aromatic N) is 1. The molecule has 0 radical (unpaired) electrons. The van der Waals surface area contributed by atoms with Gasteiger partial charge in [-0.3, -0.25) is 14.4 Å². The van der Waals surface area contributed by atoms with E-state index in [9.17, 15) is 19.5 Å². The van der Waals surface area contributed by atoms with Crippen molar-refractivity contribution >= 4 is 40.3 Å². The lowest BCUT2D eigenvalue weighted by molar-refractivity contribution is 0.0997. The normalized spacial score (nSPS) is 13.9. The lowest BCUT2D eigenvalue weighted by atomic mass is 9.85. The third kappa shape index (κ3) is 5.00. The minimum Gasteiger partial charge on any atom is -0.497 e. The molecule has 0 bridgehead atoms. The number of carbonyl (C=O) groups is 1. The molecule has 0 spiro atoms. The fourth-order valence-corrected chi connectivity index (χ4v) is 5.34. The molecule has 1 aliphatic rings. The van der Waals surface area contributed by atoms with Gasteiger partial charge in [-0.05, 0) is 35.7 Å². The number of furan rings is 1. The second kappa shape index (κ2) is 10.7. The average molecular weight is 578 g/mol. The van der Waals surface area contributed by atoms with E-state index in [4.69, 9.17) is 20.8 Å². The number of hydrogen-bond donors (Lipinski definition) is 3. The highest BCUT2D eigenvalue weighted by molar-refractivity contribution is 6.33. The number of benzene rings is 2. The number of hydrogen-bond acceptors (Lipinski definition) is 8. The van der Waals surface area contributed by atoms with Gasteiger partial charge in [-0.2, -0.15) is 0 Å². The lowest BCUT2D eigenvalue weighted by Gasteiger charge is -2.31. The number of nitrogens with one attached hydrogen (secondary N) is 2. The topological polar surface area (TPSA) is 121 Å². The van der Waals surface area contributed by atoms with Crippen molar-refractivity contribution in [3.8, 4) is 5.75 Å². The standard InChI is InChI=1S/C31H32ClN3O6/c1-6-17-9-12-23(41-17)29(31(2,3)4)34-26-25(27(37)28(26)38)33-21-11-10-20(32)19-14-35(30(39)24(19)21)22-13-18(40-5)8-7-16(22)15-36/h7-13,29,33-34,36H,6,14-15H2,1-5H3/t29-/m0/s1. The molecule has 1 aromatic heterocycles. The van der Waals surface area contributed by atoms with Gasteiger partial charge in [-0.15, -0.1) is 0 Å². The fraction of sp³-hybridized carbons (Fsp3) is 0.323. The van der Waals surface area contributed by atoms with Crippen LogP contribution in [0.15, 0.2) is 56.5 Å². The number of anilines is 4. The summed E-state index contributed by atoms with van der Waals surface area (Å²) in [5.41, 5.74) is 0.740. The van der Waals surface area contributed by atoms with Crippen LogP contribution in [0, 0.1) is 5.41 Å². The maximum Gasteiger partial charge on any atom is 0.261 e. The van der Waals surface area contributed by atoms with Gasteiger partial charge in [0.1, 0.15) is 28.6 Å². The Balaban J connectivity index is 1.50. The zero-order valence-corrected chi connectivity index (χ0v) is 24.3. The molecule has 5 rings (SSSR count). The third-order valence-electron chi connectivity index (χ3n) is 7.42. The summed E-state index contributed by atoms with van der Waals surface area (Å²) in [5, 5.41) is 16.6. The van der Waals surface area contributed by atoms with Crippen LogP contribution >= 0.6 is 11.6 Å². The van der Waals surface area contributed by atoms with E-state index in [1.165, 1.54) is 12.0 Å². The minimum atomic E-state index is -0.685. The molecule has 10 heteroatoms. The molecule has 0 saturated carbocycles. The second-order valence-electron chi connectivity index (χ2n) is 11.1. The number of carbonyl (C=O) groups excluding carboxylic acids is 1. The van der Waals surface area contributed by atoms with Gasteiger partial charge in [-0.1, -0.05) is 45.4 Å². The molecule has 41 heavy (non-hydrogen) atoms. The van der Waals surface area contributed by atoms with Gasteiger partial charge >= 0.3 is 0 Å². The molecule has 1 atom stereocenters. The van der Waals surface area contributed by atoms with Crippen molar-refractivity contribution in [2.75, 3.05) is 22.6 Å². The van der Waals surface area contributed by atoms with Crippen LogP contribution in [0.5, 0.6) is 5.75 Å². The quantitative estimate of drug-likeness (QED) is 0.217. The SMILES string of the molecule is CCc1ccc([C@H](Nc2c(Nc3ccc(Cl)c4c3C(=O)N(c3cc(OC)ccc3CO)C4)c(=O)c2=O)C(C)(C)C)o1. The van der Waals surface area contributed by atoms with Crippen LogP contribution in [-0.2, 0) is 19.6 Å². The summed E-state index contributed by atoms with van der Waals surface area (Å²) in [6, 6.07) is 11.7. The average Bonchev–Trinajstić information content (AvgIpc) is 3.57. The van der Waals surface area contributed by atoms with Crippen molar-refractivity contribution in [2.45, 2.75) is 53.3 Å². The van der Waals surface area contributed by atoms with Gasteiger partial charge < -0.3 is 29.8 Å². The summed E-state index contributed by atoms with van der Waals surface area (Å²) in [6.45, 7) is 7.90. The number of amides is 1. The van der Waals surface area contributed by atoms with Crippen molar-refractivity contribution < 1.29 is 19.1 Å². The monoisotopic (exact) mass is 577 g/mol. The van der Waals surface area contributed by atoms with Gasteiger partial charge in [0.25, 0.3) is 16.8 Å². The Morgan fingerprint density at radius 1 is 1.07 bits per heavy atom. The van der Waals surface area contributed by atoms with Crippen LogP contribution in [0.2, 0.25) is 5.02 Å². The van der Waals surface area contributed by atoms with E-state index in [0.29, 0.717) is 39.0 Å². The first-order valence-electron chi connectivity index (χ1n) is 13.3. The summed E-state index contributed by atoms with van der Waals surface area (Å²) >= 11 is 6.52. The molecule has 0 fully saturated rings. The number of halogens is 1. The molecule has 9 nitrogen and oxygen atoms in total. The number of aliphatic hydroxyl groups excluding tert-OH is 1. The number of aliphatic hydroxyl groups is 1. The number of fused-ring (bicyclic) bond motifs is 1. The zero-order valence-electron chi connectivity index (χ0n) is 23.6. The molecule has 214 valence electrons. The van der Waals surface area contributed by atoms with E-state index in [-0.39, 0.29) is 41.4 Å². The number of aryl methyl sites for hydroxylation is 1. The van der Waals surface area contributed by atoms with Crippen LogP contribution in [0.4, 0.5) is 22.7 Å². The van der Waals surface area contributed by atoms with Gasteiger partial charge in [0.05, 0.1) is 43.2 Å². The molecule has 3 aromatic carbocycles. The fourth-order valence-electron chi connectivity index (χ4n) is 5.12. The highest BCUT2D eigenvalue weighted by Gasteiger charge is 2.36. The van der Waals surface area contributed by atoms with Gasteiger partial charge in [0.2, 0.25) is 0 Å². The van der Waals surface area contributed by atoms with E-state index in [1.54, 1.807) is 30.3 Å². The first kappa shape index (κ1) is 28.4. The highest BCUT2D eigenvalue weighted by Crippen LogP contribution is 2.41. The van der Waals surface area contributed by atoms with Crippen LogP contribution in [0.3, 0.4) is 0 Å². The number of rotatable bonds is 9. The summed E-state index contributed by atoms with van der Waals surface area (Å²) in [6.07, 6.45) is 0.728. The molecular formula is C31H32ClN3O6. The lowest BCUT2D eigenvalue weighted by Crippen LogP contribution is -2.39. The number of methoxy groups -OCH3 is 1. The minimum absolute atomic E-state index is 0.0692. The Kier molecular flexibility index (Phi) is 7.44. The van der Waals surface area contributed by atoms with Crippen LogP contribution in [-0.4, -0.2) is 18.1 Å². The predicted molar refractivity (Wildman–Crippen MR) is 159 cm³/mol. The maximum absolute atomic E-state index is 13.8. The summed E-state index contributed by atoms with van der Waals surface area (Å²) in [5.74, 6) is 1.64. The Labute approximate surface area is 242 Å². The van der Waals surface area contributed by atoms with Gasteiger partial charge in [0, 0.05) is 28.6 Å². The maximum atomic E-state index is 13.8. The van der Waals surface area contributed by atoms with E-state index >= 15 is 0 Å². The second-order valence-corrected chi connectivity index (χ2v) is 11.5. The Morgan fingerprint density at radius 2 is 1.80 bits per heavy atom. The summed E-state index contributed by atoms with van der Waals surface area (Å²) in [7, 11) is 1.52. The molecule has 2 heterocycles. The van der Waals surface area contributed by atoms with Gasteiger partial charge in [0.15, 0.2) is 0 Å². The largest absolute Gasteiger partial charge is 0.497 e. The van der Waals surface area contributed by atoms with Crippen LogP contribution in [0.1, 0.15) is 66.7 Å². The van der Waals surface area contributed by atoms with Crippen molar-refractivity contribution in [1.29, 1.82) is 0 Å².